The monoisotopic (exact) mass is 268 g/mol. The number of hydrogen-bond donors (Lipinski definition) is 0. The second-order valence-corrected chi connectivity index (χ2v) is 4.93. The SMILES string of the molecule is C(#Cc1ccc2oc3ccccc3c2c1)c1ccccc1. The standard InChI is InChI=1S/C20H12O/c1-2-6-15(7-3-1)10-11-16-12-13-20-18(14-16)17-8-4-5-9-19(17)21-20/h1-9,12-14H. The molecule has 0 aliphatic rings. The minimum atomic E-state index is 0.904. The third-order valence-electron chi connectivity index (χ3n) is 3.50. The maximum atomic E-state index is 5.82. The van der Waals surface area contributed by atoms with E-state index in [1.54, 1.807) is 0 Å². The van der Waals surface area contributed by atoms with Gasteiger partial charge in [0.1, 0.15) is 11.2 Å². The van der Waals surface area contributed by atoms with E-state index in [1.165, 1.54) is 0 Å². The third kappa shape index (κ3) is 2.17. The van der Waals surface area contributed by atoms with Crippen LogP contribution in [-0.2, 0) is 0 Å². The maximum absolute atomic E-state index is 5.82. The predicted molar refractivity (Wildman–Crippen MR) is 86.1 cm³/mol. The number of benzene rings is 3. The van der Waals surface area contributed by atoms with Crippen LogP contribution in [0.5, 0.6) is 0 Å². The number of furan rings is 1. The van der Waals surface area contributed by atoms with Crippen molar-refractivity contribution in [3.8, 4) is 11.8 Å². The Hall–Kier alpha value is -2.98. The summed E-state index contributed by atoms with van der Waals surface area (Å²) in [7, 11) is 0. The Balaban J connectivity index is 1.84. The van der Waals surface area contributed by atoms with Gasteiger partial charge in [-0.15, -0.1) is 0 Å². The van der Waals surface area contributed by atoms with Crippen LogP contribution in [0.2, 0.25) is 0 Å². The van der Waals surface area contributed by atoms with Gasteiger partial charge in [0.25, 0.3) is 0 Å². The van der Waals surface area contributed by atoms with E-state index in [4.69, 9.17) is 4.42 Å². The maximum Gasteiger partial charge on any atom is 0.135 e. The smallest absolute Gasteiger partial charge is 0.135 e. The molecule has 0 amide bonds. The topological polar surface area (TPSA) is 13.1 Å². The molecule has 0 atom stereocenters. The quantitative estimate of drug-likeness (QED) is 0.410. The summed E-state index contributed by atoms with van der Waals surface area (Å²) in [5.74, 6) is 6.40. The van der Waals surface area contributed by atoms with Crippen LogP contribution >= 0.6 is 0 Å². The zero-order valence-corrected chi connectivity index (χ0v) is 11.3. The van der Waals surface area contributed by atoms with E-state index < -0.39 is 0 Å². The molecule has 98 valence electrons. The highest BCUT2D eigenvalue weighted by molar-refractivity contribution is 6.05. The number of fused-ring (bicyclic) bond motifs is 3. The Labute approximate surface area is 122 Å². The fourth-order valence-electron chi connectivity index (χ4n) is 2.47. The summed E-state index contributed by atoms with van der Waals surface area (Å²) in [5.41, 5.74) is 3.84. The predicted octanol–water partition coefficient (Wildman–Crippen LogP) is 4.99. The van der Waals surface area contributed by atoms with Crippen molar-refractivity contribution in [1.29, 1.82) is 0 Å². The molecule has 0 bridgehead atoms. The molecule has 0 radical (unpaired) electrons. The molecule has 1 heteroatoms. The van der Waals surface area contributed by atoms with E-state index >= 15 is 0 Å². The van der Waals surface area contributed by atoms with Crippen molar-refractivity contribution >= 4 is 21.9 Å². The van der Waals surface area contributed by atoms with Crippen molar-refractivity contribution in [3.63, 3.8) is 0 Å². The van der Waals surface area contributed by atoms with Gasteiger partial charge in [0.2, 0.25) is 0 Å². The van der Waals surface area contributed by atoms with Crippen LogP contribution in [0.15, 0.2) is 77.2 Å². The van der Waals surface area contributed by atoms with Crippen LogP contribution in [0.4, 0.5) is 0 Å². The second-order valence-electron chi connectivity index (χ2n) is 4.93. The molecule has 21 heavy (non-hydrogen) atoms. The molecule has 1 heterocycles. The first-order valence-corrected chi connectivity index (χ1v) is 6.88. The molecule has 0 aliphatic heterocycles. The Kier molecular flexibility index (Phi) is 2.73. The highest BCUT2D eigenvalue weighted by Gasteiger charge is 2.05. The molecule has 4 aromatic rings. The van der Waals surface area contributed by atoms with Gasteiger partial charge >= 0.3 is 0 Å². The first kappa shape index (κ1) is 11.8. The van der Waals surface area contributed by atoms with Crippen LogP contribution in [0, 0.1) is 11.8 Å². The highest BCUT2D eigenvalue weighted by atomic mass is 16.3. The van der Waals surface area contributed by atoms with Crippen LogP contribution < -0.4 is 0 Å². The Morgan fingerprint density at radius 3 is 2.19 bits per heavy atom. The average Bonchev–Trinajstić information content (AvgIpc) is 2.92. The molecule has 0 spiro atoms. The van der Waals surface area contributed by atoms with Gasteiger partial charge in [0.05, 0.1) is 0 Å². The van der Waals surface area contributed by atoms with Crippen LogP contribution in [-0.4, -0.2) is 0 Å². The first-order valence-electron chi connectivity index (χ1n) is 6.88. The van der Waals surface area contributed by atoms with E-state index in [2.05, 4.69) is 24.0 Å². The van der Waals surface area contributed by atoms with Gasteiger partial charge in [0, 0.05) is 21.9 Å². The largest absolute Gasteiger partial charge is 0.456 e. The van der Waals surface area contributed by atoms with Crippen LogP contribution in [0.3, 0.4) is 0 Å². The first-order chi connectivity index (χ1) is 10.4. The van der Waals surface area contributed by atoms with Crippen molar-refractivity contribution in [2.45, 2.75) is 0 Å². The number of para-hydroxylation sites is 1. The summed E-state index contributed by atoms with van der Waals surface area (Å²) in [6, 6.07) is 24.2. The van der Waals surface area contributed by atoms with Gasteiger partial charge in [-0.1, -0.05) is 48.2 Å². The molecule has 0 saturated heterocycles. The van der Waals surface area contributed by atoms with Crippen molar-refractivity contribution in [3.05, 3.63) is 83.9 Å². The minimum absolute atomic E-state index is 0.904. The fraction of sp³-hybridized carbons (Fsp3) is 0. The average molecular weight is 268 g/mol. The minimum Gasteiger partial charge on any atom is -0.456 e. The van der Waals surface area contributed by atoms with E-state index in [1.807, 2.05) is 60.7 Å². The number of hydrogen-bond acceptors (Lipinski definition) is 1. The van der Waals surface area contributed by atoms with Crippen molar-refractivity contribution in [2.24, 2.45) is 0 Å². The molecule has 0 aliphatic carbocycles. The summed E-state index contributed by atoms with van der Waals surface area (Å²) in [6.07, 6.45) is 0. The zero-order chi connectivity index (χ0) is 14.1. The molecule has 0 saturated carbocycles. The van der Waals surface area contributed by atoms with Gasteiger partial charge in [-0.25, -0.2) is 0 Å². The van der Waals surface area contributed by atoms with Gasteiger partial charge in [-0.2, -0.15) is 0 Å². The van der Waals surface area contributed by atoms with E-state index in [0.717, 1.165) is 33.1 Å². The molecule has 1 nitrogen and oxygen atoms in total. The summed E-state index contributed by atoms with van der Waals surface area (Å²) in [5, 5.41) is 2.25. The molecule has 4 rings (SSSR count). The normalized spacial score (nSPS) is 10.5. The van der Waals surface area contributed by atoms with E-state index in [9.17, 15) is 0 Å². The van der Waals surface area contributed by atoms with E-state index in [-0.39, 0.29) is 0 Å². The fourth-order valence-corrected chi connectivity index (χ4v) is 2.47. The molecule has 1 aromatic heterocycles. The third-order valence-corrected chi connectivity index (χ3v) is 3.50. The lowest BCUT2D eigenvalue weighted by Crippen LogP contribution is -1.75. The van der Waals surface area contributed by atoms with Crippen molar-refractivity contribution in [1.82, 2.24) is 0 Å². The Morgan fingerprint density at radius 2 is 1.29 bits per heavy atom. The van der Waals surface area contributed by atoms with Crippen LogP contribution in [0.1, 0.15) is 11.1 Å². The van der Waals surface area contributed by atoms with Gasteiger partial charge in [-0.05, 0) is 36.4 Å². The van der Waals surface area contributed by atoms with Crippen LogP contribution in [0.25, 0.3) is 21.9 Å². The second kappa shape index (κ2) is 4.85. The van der Waals surface area contributed by atoms with Crippen molar-refractivity contribution in [2.75, 3.05) is 0 Å². The summed E-state index contributed by atoms with van der Waals surface area (Å²) < 4.78 is 5.82. The molecule has 0 unspecified atom stereocenters. The van der Waals surface area contributed by atoms with Gasteiger partial charge < -0.3 is 4.42 Å². The molecular weight excluding hydrogens is 256 g/mol. The molecule has 0 N–H and O–H groups in total. The van der Waals surface area contributed by atoms with Gasteiger partial charge in [-0.3, -0.25) is 0 Å². The summed E-state index contributed by atoms with van der Waals surface area (Å²) in [6.45, 7) is 0. The lowest BCUT2D eigenvalue weighted by molar-refractivity contribution is 0.669. The molecule has 0 fully saturated rings. The van der Waals surface area contributed by atoms with Crippen molar-refractivity contribution < 1.29 is 4.42 Å². The summed E-state index contributed by atoms with van der Waals surface area (Å²) >= 11 is 0. The highest BCUT2D eigenvalue weighted by Crippen LogP contribution is 2.28. The Morgan fingerprint density at radius 1 is 0.571 bits per heavy atom. The Bertz CT molecular complexity index is 982. The molecular formula is C20H12O. The summed E-state index contributed by atoms with van der Waals surface area (Å²) in [4.78, 5) is 0. The zero-order valence-electron chi connectivity index (χ0n) is 11.3. The lowest BCUT2D eigenvalue weighted by atomic mass is 10.1. The van der Waals surface area contributed by atoms with E-state index in [0.29, 0.717) is 0 Å². The lowest BCUT2D eigenvalue weighted by Gasteiger charge is -1.92. The number of rotatable bonds is 0. The molecule has 3 aromatic carbocycles. The van der Waals surface area contributed by atoms with Gasteiger partial charge in [0.15, 0.2) is 0 Å².